The molecule has 0 saturated heterocycles. The molecular formula is C36H23BN6Pt. The van der Waals surface area contributed by atoms with Crippen LogP contribution in [0.2, 0.25) is 0 Å². The van der Waals surface area contributed by atoms with E-state index in [2.05, 4.69) is 113 Å². The minimum absolute atomic E-state index is 0. The van der Waals surface area contributed by atoms with Crippen LogP contribution in [0.5, 0.6) is 0 Å². The molecule has 9 rings (SSSR count). The monoisotopic (exact) mass is 745 g/mol. The van der Waals surface area contributed by atoms with Gasteiger partial charge in [-0.15, -0.1) is 12.1 Å². The first kappa shape index (κ1) is 26.5. The van der Waals surface area contributed by atoms with Crippen molar-refractivity contribution in [3.8, 4) is 11.4 Å². The molecule has 210 valence electrons. The molecule has 7 aromatic rings. The molecule has 0 bridgehead atoms. The number of hydrogen-bond acceptors (Lipinski definition) is 4. The molecule has 0 saturated carbocycles. The summed E-state index contributed by atoms with van der Waals surface area (Å²) in [5.41, 5.74) is 11.3. The molecule has 8 heteroatoms. The molecule has 0 amide bonds. The van der Waals surface area contributed by atoms with Crippen molar-refractivity contribution in [2.45, 2.75) is 0 Å². The molecule has 0 unspecified atom stereocenters. The van der Waals surface area contributed by atoms with Crippen molar-refractivity contribution in [2.75, 3.05) is 9.80 Å². The maximum absolute atomic E-state index is 5.27. The fourth-order valence-electron chi connectivity index (χ4n) is 6.41. The largest absolute Gasteiger partial charge is 2.00 e. The summed E-state index contributed by atoms with van der Waals surface area (Å²) < 4.78 is 3.88. The van der Waals surface area contributed by atoms with Crippen LogP contribution in [0.3, 0.4) is 0 Å². The Labute approximate surface area is 270 Å². The summed E-state index contributed by atoms with van der Waals surface area (Å²) in [6.45, 7) is -0.175. The zero-order valence-electron chi connectivity index (χ0n) is 23.4. The van der Waals surface area contributed by atoms with E-state index in [4.69, 9.17) is 10.2 Å². The molecule has 44 heavy (non-hydrogen) atoms. The molecule has 0 spiro atoms. The second-order valence-electron chi connectivity index (χ2n) is 10.7. The molecule has 0 fully saturated rings. The molecule has 5 aromatic carbocycles. The van der Waals surface area contributed by atoms with E-state index >= 15 is 0 Å². The van der Waals surface area contributed by atoms with Gasteiger partial charge in [0.1, 0.15) is 0 Å². The summed E-state index contributed by atoms with van der Waals surface area (Å²) in [6.07, 6.45) is 4.24. The zero-order chi connectivity index (χ0) is 28.3. The van der Waals surface area contributed by atoms with Gasteiger partial charge in [-0.3, -0.25) is 9.36 Å². The van der Waals surface area contributed by atoms with Crippen LogP contribution in [0.4, 0.5) is 34.1 Å². The van der Waals surface area contributed by atoms with Crippen molar-refractivity contribution in [3.05, 3.63) is 152 Å². The fourth-order valence-corrected chi connectivity index (χ4v) is 6.41. The predicted octanol–water partition coefficient (Wildman–Crippen LogP) is 5.74. The third kappa shape index (κ3) is 4.00. The van der Waals surface area contributed by atoms with Gasteiger partial charge < -0.3 is 9.80 Å². The molecule has 0 N–H and O–H groups in total. The maximum Gasteiger partial charge on any atom is 2.00 e. The first-order valence-electron chi connectivity index (χ1n) is 14.3. The zero-order valence-corrected chi connectivity index (χ0v) is 25.6. The molecule has 0 aliphatic carbocycles. The smallest absolute Gasteiger partial charge is 0.308 e. The summed E-state index contributed by atoms with van der Waals surface area (Å²) in [5.74, 6) is 0. The number of rotatable bonds is 4. The average Bonchev–Trinajstić information content (AvgIpc) is 3.72. The van der Waals surface area contributed by atoms with Gasteiger partial charge in [0, 0.05) is 22.7 Å². The van der Waals surface area contributed by atoms with Crippen LogP contribution in [0.25, 0.3) is 11.4 Å². The number of para-hydroxylation sites is 4. The second kappa shape index (κ2) is 10.5. The first-order valence-corrected chi connectivity index (χ1v) is 14.3. The Morgan fingerprint density at radius 2 is 0.932 bits per heavy atom. The topological polar surface area (TPSA) is 42.1 Å². The number of aromatic nitrogens is 4. The SMILES string of the molecule is [Pt+2].[c-]1ccccc1-n1cc2c(n1)B1c3nn(-c4[c-]cccc4)cc3N(c3ccccc3)c3cccc(c31)N2c1ccccc1. The van der Waals surface area contributed by atoms with Crippen LogP contribution in [-0.2, 0) is 21.1 Å². The molecule has 2 aromatic heterocycles. The quantitative estimate of drug-likeness (QED) is 0.171. The molecule has 4 heterocycles. The molecule has 2 aliphatic rings. The number of nitrogens with zero attached hydrogens (tertiary/aromatic N) is 6. The van der Waals surface area contributed by atoms with Gasteiger partial charge in [-0.25, -0.2) is 0 Å². The number of hydrogen-bond donors (Lipinski definition) is 0. The van der Waals surface area contributed by atoms with E-state index in [1.54, 1.807) is 0 Å². The Kier molecular flexibility index (Phi) is 6.35. The van der Waals surface area contributed by atoms with E-state index < -0.39 is 0 Å². The van der Waals surface area contributed by atoms with E-state index in [-0.39, 0.29) is 27.8 Å². The van der Waals surface area contributed by atoms with Crippen molar-refractivity contribution in [1.29, 1.82) is 0 Å². The van der Waals surface area contributed by atoms with E-state index in [9.17, 15) is 0 Å². The van der Waals surface area contributed by atoms with Gasteiger partial charge in [0.2, 0.25) is 0 Å². The minimum atomic E-state index is -0.175. The third-order valence-corrected chi connectivity index (χ3v) is 8.21. The predicted molar refractivity (Wildman–Crippen MR) is 172 cm³/mol. The van der Waals surface area contributed by atoms with Crippen molar-refractivity contribution < 1.29 is 21.1 Å². The molecule has 0 atom stereocenters. The van der Waals surface area contributed by atoms with Crippen molar-refractivity contribution >= 4 is 57.5 Å². The van der Waals surface area contributed by atoms with Gasteiger partial charge in [-0.2, -0.15) is 58.7 Å². The van der Waals surface area contributed by atoms with Crippen LogP contribution in [0.15, 0.2) is 140 Å². The van der Waals surface area contributed by atoms with E-state index in [0.717, 1.165) is 56.7 Å². The minimum Gasteiger partial charge on any atom is -0.308 e. The van der Waals surface area contributed by atoms with Crippen LogP contribution >= 0.6 is 0 Å². The van der Waals surface area contributed by atoms with Gasteiger partial charge in [0.15, 0.2) is 0 Å². The summed E-state index contributed by atoms with van der Waals surface area (Å²) in [7, 11) is 0. The Morgan fingerprint density at radius 3 is 1.36 bits per heavy atom. The van der Waals surface area contributed by atoms with Crippen molar-refractivity contribution in [3.63, 3.8) is 0 Å². The van der Waals surface area contributed by atoms with E-state index in [0.29, 0.717) is 0 Å². The van der Waals surface area contributed by atoms with Gasteiger partial charge in [-0.1, -0.05) is 42.5 Å². The van der Waals surface area contributed by atoms with Gasteiger partial charge in [0.25, 0.3) is 0 Å². The van der Waals surface area contributed by atoms with Crippen LogP contribution in [0, 0.1) is 12.1 Å². The normalized spacial score (nSPS) is 12.7. The Bertz CT molecular complexity index is 1950. The number of fused-ring (bicyclic) bond motifs is 4. The summed E-state index contributed by atoms with van der Waals surface area (Å²) in [4.78, 5) is 4.65. The molecule has 6 nitrogen and oxygen atoms in total. The summed E-state index contributed by atoms with van der Waals surface area (Å²) in [6, 6.07) is 50.2. The summed E-state index contributed by atoms with van der Waals surface area (Å²) in [5, 5.41) is 10.5. The summed E-state index contributed by atoms with van der Waals surface area (Å²) >= 11 is 0. The Balaban J connectivity index is 0.00000289. The molecular weight excluding hydrogens is 722 g/mol. The van der Waals surface area contributed by atoms with Crippen molar-refractivity contribution in [2.24, 2.45) is 0 Å². The van der Waals surface area contributed by atoms with Gasteiger partial charge >= 0.3 is 27.8 Å². The third-order valence-electron chi connectivity index (χ3n) is 8.21. The first-order chi connectivity index (χ1) is 21.3. The van der Waals surface area contributed by atoms with Crippen LogP contribution in [0.1, 0.15) is 0 Å². The Hall–Kier alpha value is -5.13. The second-order valence-corrected chi connectivity index (χ2v) is 10.7. The Morgan fingerprint density at radius 1 is 0.477 bits per heavy atom. The van der Waals surface area contributed by atoms with Gasteiger partial charge in [0.05, 0.1) is 35.0 Å². The van der Waals surface area contributed by atoms with E-state index in [1.807, 2.05) is 57.9 Å². The van der Waals surface area contributed by atoms with Gasteiger partial charge in [-0.05, 0) is 53.2 Å². The van der Waals surface area contributed by atoms with Crippen LogP contribution in [-0.4, -0.2) is 26.3 Å². The number of benzene rings is 5. The molecule has 2 aliphatic heterocycles. The van der Waals surface area contributed by atoms with Crippen LogP contribution < -0.4 is 26.4 Å². The maximum atomic E-state index is 5.27. The standard InChI is InChI=1S/C36H23BN6.Pt/c1-5-14-26(15-6-1)40-24-32-35(38-40)37-34-30(42(32)28-18-9-3-10-19-28)22-13-23-31(34)43(29-20-11-4-12-21-29)33-25-41(39-36(33)37)27-16-7-2-8-17-27;/h1-14,16,18-25H;/q-2;+2. The fraction of sp³-hybridized carbons (Fsp3) is 0. The van der Waals surface area contributed by atoms with Crippen molar-refractivity contribution in [1.82, 2.24) is 19.6 Å². The molecule has 0 radical (unpaired) electrons. The van der Waals surface area contributed by atoms with E-state index in [1.165, 1.54) is 5.46 Å². The number of anilines is 6. The average molecular weight is 746 g/mol.